The number of alkyl halides is 2. The molecule has 1 aromatic heterocycles. The zero-order chi connectivity index (χ0) is 15.2. The summed E-state index contributed by atoms with van der Waals surface area (Å²) in [5, 5.41) is 0. The van der Waals surface area contributed by atoms with E-state index in [0.29, 0.717) is 17.1 Å². The van der Waals surface area contributed by atoms with Crippen molar-refractivity contribution in [2.45, 2.75) is 12.3 Å². The number of halogens is 3. The number of benzene rings is 1. The molecular formula is C14H15F3N4. The van der Waals surface area contributed by atoms with Crippen molar-refractivity contribution in [3.8, 4) is 11.4 Å². The number of imidazole rings is 1. The van der Waals surface area contributed by atoms with Crippen LogP contribution in [-0.2, 0) is 7.05 Å². The fourth-order valence-electron chi connectivity index (χ4n) is 2.58. The molecule has 2 N–H and O–H groups in total. The van der Waals surface area contributed by atoms with E-state index in [4.69, 9.17) is 5.73 Å². The van der Waals surface area contributed by atoms with Crippen LogP contribution in [0.2, 0.25) is 0 Å². The Morgan fingerprint density at radius 3 is 2.67 bits per heavy atom. The van der Waals surface area contributed by atoms with Gasteiger partial charge in [0.25, 0.3) is 5.92 Å². The van der Waals surface area contributed by atoms with Gasteiger partial charge in [-0.3, -0.25) is 0 Å². The summed E-state index contributed by atoms with van der Waals surface area (Å²) in [6, 6.07) is 2.89. The molecule has 0 spiro atoms. The van der Waals surface area contributed by atoms with Gasteiger partial charge in [-0.05, 0) is 12.1 Å². The van der Waals surface area contributed by atoms with Crippen molar-refractivity contribution in [1.82, 2.24) is 9.55 Å². The first-order valence-electron chi connectivity index (χ1n) is 6.57. The molecule has 0 atom stereocenters. The zero-order valence-electron chi connectivity index (χ0n) is 11.5. The molecule has 1 saturated heterocycles. The largest absolute Gasteiger partial charge is 0.395 e. The fraction of sp³-hybridized carbons (Fsp3) is 0.357. The van der Waals surface area contributed by atoms with Crippen molar-refractivity contribution < 1.29 is 13.2 Å². The third-order valence-electron chi connectivity index (χ3n) is 3.70. The maximum atomic E-state index is 14.0. The summed E-state index contributed by atoms with van der Waals surface area (Å²) in [5.41, 5.74) is 6.43. The lowest BCUT2D eigenvalue weighted by molar-refractivity contribution is 0.0257. The lowest BCUT2D eigenvalue weighted by Crippen LogP contribution is -2.25. The van der Waals surface area contributed by atoms with Gasteiger partial charge >= 0.3 is 0 Å². The lowest BCUT2D eigenvalue weighted by Gasteiger charge is -2.21. The van der Waals surface area contributed by atoms with Crippen LogP contribution in [0.25, 0.3) is 11.4 Å². The van der Waals surface area contributed by atoms with Crippen molar-refractivity contribution in [3.05, 3.63) is 30.3 Å². The minimum absolute atomic E-state index is 0.106. The fourth-order valence-corrected chi connectivity index (χ4v) is 2.58. The van der Waals surface area contributed by atoms with Gasteiger partial charge in [0.05, 0.1) is 17.9 Å². The van der Waals surface area contributed by atoms with E-state index in [0.717, 1.165) is 0 Å². The predicted octanol–water partition coefficient (Wildman–Crippen LogP) is 2.65. The van der Waals surface area contributed by atoms with E-state index in [1.165, 1.54) is 11.0 Å². The molecule has 3 rings (SSSR count). The average molecular weight is 296 g/mol. The molecule has 21 heavy (non-hydrogen) atoms. The normalized spacial score (nSPS) is 17.4. The van der Waals surface area contributed by atoms with Gasteiger partial charge in [-0.2, -0.15) is 0 Å². The lowest BCUT2D eigenvalue weighted by atomic mass is 10.1. The first-order chi connectivity index (χ1) is 9.87. The number of nitrogens with zero attached hydrogens (tertiary/aromatic N) is 3. The molecule has 0 bridgehead atoms. The molecular weight excluding hydrogens is 281 g/mol. The van der Waals surface area contributed by atoms with Crippen LogP contribution in [0.4, 0.5) is 24.5 Å². The number of hydrogen-bond acceptors (Lipinski definition) is 3. The van der Waals surface area contributed by atoms with Crippen LogP contribution in [0.3, 0.4) is 0 Å². The van der Waals surface area contributed by atoms with Crippen molar-refractivity contribution in [1.29, 1.82) is 0 Å². The van der Waals surface area contributed by atoms with E-state index in [1.54, 1.807) is 30.1 Å². The summed E-state index contributed by atoms with van der Waals surface area (Å²) in [5.74, 6) is -2.83. The number of aryl methyl sites for hydroxylation is 1. The van der Waals surface area contributed by atoms with Gasteiger partial charge in [0.2, 0.25) is 0 Å². The molecule has 2 heterocycles. The molecule has 112 valence electrons. The molecule has 1 aliphatic rings. The van der Waals surface area contributed by atoms with Gasteiger partial charge in [-0.15, -0.1) is 0 Å². The van der Waals surface area contributed by atoms with Crippen LogP contribution in [0.1, 0.15) is 6.42 Å². The predicted molar refractivity (Wildman–Crippen MR) is 74.8 cm³/mol. The maximum absolute atomic E-state index is 14.0. The Morgan fingerprint density at radius 1 is 1.33 bits per heavy atom. The molecule has 7 heteroatoms. The summed E-state index contributed by atoms with van der Waals surface area (Å²) in [6.45, 7) is -0.290. The molecule has 1 aliphatic heterocycles. The molecule has 0 radical (unpaired) electrons. The highest BCUT2D eigenvalue weighted by Gasteiger charge is 2.39. The van der Waals surface area contributed by atoms with E-state index < -0.39 is 18.3 Å². The average Bonchev–Trinajstić information content (AvgIpc) is 2.98. The summed E-state index contributed by atoms with van der Waals surface area (Å²) in [4.78, 5) is 5.56. The van der Waals surface area contributed by atoms with Crippen molar-refractivity contribution in [2.24, 2.45) is 7.05 Å². The van der Waals surface area contributed by atoms with Gasteiger partial charge in [-0.1, -0.05) is 0 Å². The summed E-state index contributed by atoms with van der Waals surface area (Å²) in [6.07, 6.45) is 3.07. The summed E-state index contributed by atoms with van der Waals surface area (Å²) < 4.78 is 42.5. The monoisotopic (exact) mass is 296 g/mol. The standard InChI is InChI=1S/C14H15F3N4/c1-20-5-3-19-13(20)9-6-10(15)12(18)11(7-9)21-4-2-14(16,17)8-21/h3,5-7H,2,4,8,18H2,1H3. The Labute approximate surface area is 120 Å². The number of nitrogens with two attached hydrogens (primary N) is 1. The zero-order valence-corrected chi connectivity index (χ0v) is 11.5. The number of nitrogen functional groups attached to an aromatic ring is 1. The van der Waals surface area contributed by atoms with Crippen molar-refractivity contribution in [3.63, 3.8) is 0 Å². The van der Waals surface area contributed by atoms with Crippen LogP contribution in [0.15, 0.2) is 24.5 Å². The van der Waals surface area contributed by atoms with Gasteiger partial charge in [0, 0.05) is 38.0 Å². The van der Waals surface area contributed by atoms with Crippen LogP contribution >= 0.6 is 0 Å². The first kappa shape index (κ1) is 13.8. The number of aromatic nitrogens is 2. The van der Waals surface area contributed by atoms with Crippen molar-refractivity contribution in [2.75, 3.05) is 23.7 Å². The Hall–Kier alpha value is -2.18. The summed E-state index contributed by atoms with van der Waals surface area (Å²) >= 11 is 0. The Balaban J connectivity index is 2.05. The van der Waals surface area contributed by atoms with Gasteiger partial charge in [-0.25, -0.2) is 18.2 Å². The second kappa shape index (κ2) is 4.68. The minimum Gasteiger partial charge on any atom is -0.395 e. The van der Waals surface area contributed by atoms with E-state index in [1.807, 2.05) is 0 Å². The van der Waals surface area contributed by atoms with Gasteiger partial charge in [0.1, 0.15) is 11.6 Å². The molecule has 0 saturated carbocycles. The first-order valence-corrected chi connectivity index (χ1v) is 6.57. The van der Waals surface area contributed by atoms with Crippen LogP contribution in [0.5, 0.6) is 0 Å². The SMILES string of the molecule is Cn1ccnc1-c1cc(F)c(N)c(N2CCC(F)(F)C2)c1. The third-order valence-corrected chi connectivity index (χ3v) is 3.70. The highest BCUT2D eigenvalue weighted by atomic mass is 19.3. The number of rotatable bonds is 2. The second-order valence-corrected chi connectivity index (χ2v) is 5.28. The maximum Gasteiger partial charge on any atom is 0.266 e. The number of anilines is 2. The quantitative estimate of drug-likeness (QED) is 0.867. The molecule has 1 aromatic carbocycles. The van der Waals surface area contributed by atoms with E-state index in [-0.39, 0.29) is 18.7 Å². The highest BCUT2D eigenvalue weighted by Crippen LogP contribution is 2.37. The molecule has 0 amide bonds. The molecule has 1 fully saturated rings. The second-order valence-electron chi connectivity index (χ2n) is 5.28. The summed E-state index contributed by atoms with van der Waals surface area (Å²) in [7, 11) is 1.78. The van der Waals surface area contributed by atoms with Crippen LogP contribution in [-0.4, -0.2) is 28.6 Å². The van der Waals surface area contributed by atoms with Crippen molar-refractivity contribution >= 4 is 11.4 Å². The van der Waals surface area contributed by atoms with Crippen LogP contribution in [0, 0.1) is 5.82 Å². The smallest absolute Gasteiger partial charge is 0.266 e. The van der Waals surface area contributed by atoms with E-state index in [2.05, 4.69) is 4.98 Å². The molecule has 0 aliphatic carbocycles. The third kappa shape index (κ3) is 2.43. The molecule has 4 nitrogen and oxygen atoms in total. The highest BCUT2D eigenvalue weighted by molar-refractivity contribution is 5.76. The topological polar surface area (TPSA) is 47.1 Å². The number of hydrogen-bond donors (Lipinski definition) is 1. The Morgan fingerprint density at radius 2 is 2.10 bits per heavy atom. The minimum atomic E-state index is -2.76. The Bertz CT molecular complexity index is 681. The van der Waals surface area contributed by atoms with E-state index >= 15 is 0 Å². The van der Waals surface area contributed by atoms with Gasteiger partial charge < -0.3 is 15.2 Å². The van der Waals surface area contributed by atoms with Gasteiger partial charge in [0.15, 0.2) is 0 Å². The molecule has 0 unspecified atom stereocenters. The Kier molecular flexibility index (Phi) is 3.07. The van der Waals surface area contributed by atoms with Crippen LogP contribution < -0.4 is 10.6 Å². The molecule has 2 aromatic rings. The van der Waals surface area contributed by atoms with E-state index in [9.17, 15) is 13.2 Å².